The van der Waals surface area contributed by atoms with Crippen molar-refractivity contribution in [1.29, 1.82) is 0 Å². The van der Waals surface area contributed by atoms with Crippen molar-refractivity contribution in [2.75, 3.05) is 14.2 Å². The maximum atomic E-state index is 15.9. The molecule has 3 atom stereocenters. The quantitative estimate of drug-likeness (QED) is 0.479. The normalized spacial score (nSPS) is 23.3. The summed E-state index contributed by atoms with van der Waals surface area (Å²) in [5.41, 5.74) is -8.09. The molecule has 32 heavy (non-hydrogen) atoms. The lowest BCUT2D eigenvalue weighted by molar-refractivity contribution is -0.153. The zero-order chi connectivity index (χ0) is 25.3. The maximum absolute atomic E-state index is 15.9. The van der Waals surface area contributed by atoms with Crippen LogP contribution in [0.2, 0.25) is 0 Å². The van der Waals surface area contributed by atoms with Gasteiger partial charge in [0.15, 0.2) is 0 Å². The number of esters is 2. The molecule has 1 N–H and O–H groups in total. The minimum atomic E-state index is -3.11. The largest absolute Gasteiger partial charge is 0.467 e. The Hall–Kier alpha value is -2.92. The monoisotopic (exact) mass is 462 g/mol. The van der Waals surface area contributed by atoms with Crippen molar-refractivity contribution in [2.45, 2.75) is 83.3 Å². The van der Waals surface area contributed by atoms with Gasteiger partial charge in [0.2, 0.25) is 11.2 Å². The molecule has 11 nitrogen and oxygen atoms in total. The number of halogens is 1. The molecule has 0 saturated heterocycles. The summed E-state index contributed by atoms with van der Waals surface area (Å²) in [5.74, 6) is -3.67. The van der Waals surface area contributed by atoms with Gasteiger partial charge < -0.3 is 24.3 Å². The molecule has 0 aromatic rings. The van der Waals surface area contributed by atoms with E-state index in [-0.39, 0.29) is 4.90 Å². The van der Waals surface area contributed by atoms with E-state index in [4.69, 9.17) is 9.47 Å². The molecule has 1 rings (SSSR count). The molecule has 0 radical (unpaired) electrons. The molecule has 3 amide bonds. The Balaban J connectivity index is 3.50. The molecule has 1 aliphatic carbocycles. The maximum Gasteiger partial charge on any atom is 0.421 e. The lowest BCUT2D eigenvalue weighted by Crippen LogP contribution is -2.60. The van der Waals surface area contributed by atoms with Crippen molar-refractivity contribution in [2.24, 2.45) is 0 Å². The number of ether oxygens (including phenoxy) is 4. The van der Waals surface area contributed by atoms with Gasteiger partial charge in [0.25, 0.3) is 5.91 Å². The minimum absolute atomic E-state index is 0.123. The highest BCUT2D eigenvalue weighted by Crippen LogP contribution is 2.57. The molecule has 182 valence electrons. The molecule has 0 aromatic heterocycles. The SMILES string of the molecule is COC(=O)[C@H](C)NC(=O)[C@]1(F)C[C@]1(C(=O)OC)N(C(=O)OC(C)(C)C)C(=O)OC(C)(C)C. The Kier molecular flexibility index (Phi) is 7.55. The average Bonchev–Trinajstić information content (AvgIpc) is 3.24. The third-order valence-corrected chi connectivity index (χ3v) is 4.35. The molecule has 0 unspecified atom stereocenters. The summed E-state index contributed by atoms with van der Waals surface area (Å²) in [5, 5.41) is 2.07. The Morgan fingerprint density at radius 2 is 1.34 bits per heavy atom. The first kappa shape index (κ1) is 27.1. The second-order valence-electron chi connectivity index (χ2n) is 9.34. The number of hydrogen-bond donors (Lipinski definition) is 1. The smallest absolute Gasteiger partial charge is 0.421 e. The molecule has 0 aliphatic heterocycles. The molecule has 0 spiro atoms. The molecular formula is C20H31FN2O9. The Bertz CT molecular complexity index is 774. The molecule has 0 bridgehead atoms. The number of methoxy groups -OCH3 is 2. The molecule has 1 fully saturated rings. The number of imide groups is 1. The van der Waals surface area contributed by atoms with Gasteiger partial charge in [-0.25, -0.2) is 23.6 Å². The lowest BCUT2D eigenvalue weighted by Gasteiger charge is -2.33. The molecule has 0 heterocycles. The zero-order valence-electron chi connectivity index (χ0n) is 19.8. The van der Waals surface area contributed by atoms with Crippen molar-refractivity contribution >= 4 is 30.0 Å². The van der Waals surface area contributed by atoms with Gasteiger partial charge in [0, 0.05) is 6.42 Å². The summed E-state index contributed by atoms with van der Waals surface area (Å²) in [6.45, 7) is 10.2. The summed E-state index contributed by atoms with van der Waals surface area (Å²) in [4.78, 5) is 62.9. The second-order valence-corrected chi connectivity index (χ2v) is 9.34. The zero-order valence-corrected chi connectivity index (χ0v) is 19.8. The highest BCUT2D eigenvalue weighted by Gasteiger charge is 2.85. The van der Waals surface area contributed by atoms with Crippen molar-refractivity contribution in [3.05, 3.63) is 0 Å². The van der Waals surface area contributed by atoms with Crippen LogP contribution in [0.25, 0.3) is 0 Å². The van der Waals surface area contributed by atoms with E-state index >= 15 is 4.39 Å². The van der Waals surface area contributed by atoms with Gasteiger partial charge in [-0.2, -0.15) is 4.90 Å². The third-order valence-electron chi connectivity index (χ3n) is 4.35. The first-order chi connectivity index (χ1) is 14.4. The Morgan fingerprint density at radius 3 is 1.69 bits per heavy atom. The van der Waals surface area contributed by atoms with Gasteiger partial charge in [-0.05, 0) is 48.5 Å². The van der Waals surface area contributed by atoms with Gasteiger partial charge in [0.1, 0.15) is 17.2 Å². The van der Waals surface area contributed by atoms with Crippen molar-refractivity contribution in [3.63, 3.8) is 0 Å². The van der Waals surface area contributed by atoms with Gasteiger partial charge in [-0.1, -0.05) is 0 Å². The van der Waals surface area contributed by atoms with Gasteiger partial charge >= 0.3 is 24.1 Å². The average molecular weight is 462 g/mol. The fraction of sp³-hybridized carbons (Fsp3) is 0.750. The summed E-state index contributed by atoms with van der Waals surface area (Å²) in [6.07, 6.45) is -3.75. The standard InChI is InChI=1S/C20H31FN2O9/c1-11(12(24)29-8)22-13(25)19(21)10-20(19,14(26)30-9)23(15(27)31-17(2,3)4)16(28)32-18(5,6)7/h11H,10H2,1-9H3,(H,22,25)/t11-,19+,20+/m0/s1. The molecule has 1 aliphatic rings. The number of carbonyl (C=O) groups excluding carboxylic acids is 5. The van der Waals surface area contributed by atoms with E-state index in [0.717, 1.165) is 14.2 Å². The van der Waals surface area contributed by atoms with Crippen LogP contribution in [-0.4, -0.2) is 77.6 Å². The molecule has 0 aromatic carbocycles. The first-order valence-corrected chi connectivity index (χ1v) is 9.78. The van der Waals surface area contributed by atoms with Crippen LogP contribution >= 0.6 is 0 Å². The highest BCUT2D eigenvalue weighted by atomic mass is 19.1. The second kappa shape index (κ2) is 8.91. The van der Waals surface area contributed by atoms with Gasteiger partial charge in [0.05, 0.1) is 14.2 Å². The molecule has 12 heteroatoms. The van der Waals surface area contributed by atoms with Crippen LogP contribution in [0.5, 0.6) is 0 Å². The lowest BCUT2D eigenvalue weighted by atomic mass is 10.1. The fourth-order valence-electron chi connectivity index (χ4n) is 2.87. The third kappa shape index (κ3) is 5.46. The summed E-state index contributed by atoms with van der Waals surface area (Å²) in [6, 6.07) is -1.27. The number of nitrogens with one attached hydrogen (secondary N) is 1. The molecular weight excluding hydrogens is 431 g/mol. The number of rotatable bonds is 5. The Morgan fingerprint density at radius 1 is 0.906 bits per heavy atom. The minimum Gasteiger partial charge on any atom is -0.467 e. The van der Waals surface area contributed by atoms with E-state index in [0.29, 0.717) is 0 Å². The van der Waals surface area contributed by atoms with Gasteiger partial charge in [-0.15, -0.1) is 0 Å². The number of carbonyl (C=O) groups is 5. The van der Waals surface area contributed by atoms with Crippen LogP contribution in [0.1, 0.15) is 54.9 Å². The van der Waals surface area contributed by atoms with E-state index < -0.39 is 64.9 Å². The van der Waals surface area contributed by atoms with Crippen LogP contribution in [-0.2, 0) is 33.3 Å². The Labute approximate surface area is 185 Å². The fourth-order valence-corrected chi connectivity index (χ4v) is 2.87. The van der Waals surface area contributed by atoms with E-state index in [9.17, 15) is 24.0 Å². The predicted octanol–water partition coefficient (Wildman–Crippen LogP) is 1.86. The van der Waals surface area contributed by atoms with Crippen molar-refractivity contribution in [3.8, 4) is 0 Å². The van der Waals surface area contributed by atoms with Crippen LogP contribution in [0.3, 0.4) is 0 Å². The van der Waals surface area contributed by atoms with Crippen LogP contribution < -0.4 is 5.32 Å². The van der Waals surface area contributed by atoms with Crippen molar-refractivity contribution in [1.82, 2.24) is 10.2 Å². The first-order valence-electron chi connectivity index (χ1n) is 9.78. The number of nitrogens with zero attached hydrogens (tertiary/aromatic N) is 1. The van der Waals surface area contributed by atoms with Crippen LogP contribution in [0.4, 0.5) is 14.0 Å². The summed E-state index contributed by atoms with van der Waals surface area (Å²) >= 11 is 0. The summed E-state index contributed by atoms with van der Waals surface area (Å²) < 4.78 is 35.3. The number of hydrogen-bond acceptors (Lipinski definition) is 9. The van der Waals surface area contributed by atoms with E-state index in [2.05, 4.69) is 14.8 Å². The number of amides is 3. The summed E-state index contributed by atoms with van der Waals surface area (Å²) in [7, 11) is 1.97. The highest BCUT2D eigenvalue weighted by molar-refractivity contribution is 6.09. The number of alkyl halides is 1. The van der Waals surface area contributed by atoms with Crippen LogP contribution in [0.15, 0.2) is 0 Å². The van der Waals surface area contributed by atoms with Crippen molar-refractivity contribution < 1.29 is 47.3 Å². The van der Waals surface area contributed by atoms with Crippen LogP contribution in [0, 0.1) is 0 Å². The van der Waals surface area contributed by atoms with E-state index in [1.54, 1.807) is 0 Å². The predicted molar refractivity (Wildman–Crippen MR) is 107 cm³/mol. The van der Waals surface area contributed by atoms with E-state index in [1.165, 1.54) is 48.5 Å². The van der Waals surface area contributed by atoms with Gasteiger partial charge in [-0.3, -0.25) is 4.79 Å². The van der Waals surface area contributed by atoms with E-state index in [1.807, 2.05) is 0 Å². The molecule has 1 saturated carbocycles. The topological polar surface area (TPSA) is 138 Å².